The number of hydrogen-bond acceptors (Lipinski definition) is 3. The summed E-state index contributed by atoms with van der Waals surface area (Å²) >= 11 is 0. The van der Waals surface area contributed by atoms with Crippen LogP contribution in [0.1, 0.15) is 34.8 Å². The van der Waals surface area contributed by atoms with Crippen molar-refractivity contribution in [2.24, 2.45) is 5.73 Å². The second kappa shape index (κ2) is 4.55. The molecule has 1 aromatic carbocycles. The van der Waals surface area contributed by atoms with E-state index in [0.717, 1.165) is 31.2 Å². The molecule has 80 valence electrons. The van der Waals surface area contributed by atoms with Gasteiger partial charge in [0, 0.05) is 17.6 Å². The molecule has 2 unspecified atom stereocenters. The molecular formula is C12H16N2O. The maximum absolute atomic E-state index is 10.7. The average Bonchev–Trinajstić information content (AvgIpc) is 2.30. The molecule has 1 aromatic rings. The van der Waals surface area contributed by atoms with Crippen LogP contribution in [0.15, 0.2) is 24.3 Å². The lowest BCUT2D eigenvalue weighted by molar-refractivity contribution is 0.112. The highest BCUT2D eigenvalue weighted by Gasteiger charge is 2.22. The van der Waals surface area contributed by atoms with Gasteiger partial charge in [0.05, 0.1) is 0 Å². The molecule has 0 saturated carbocycles. The van der Waals surface area contributed by atoms with E-state index < -0.39 is 0 Å². The highest BCUT2D eigenvalue weighted by Crippen LogP contribution is 2.22. The molecular weight excluding hydrogens is 188 g/mol. The number of carbonyl (C=O) groups excluding carboxylic acids is 1. The zero-order valence-electron chi connectivity index (χ0n) is 8.65. The molecule has 1 heterocycles. The van der Waals surface area contributed by atoms with Gasteiger partial charge in [-0.3, -0.25) is 4.79 Å². The second-order valence-corrected chi connectivity index (χ2v) is 4.03. The van der Waals surface area contributed by atoms with Gasteiger partial charge in [0.25, 0.3) is 0 Å². The fourth-order valence-electron chi connectivity index (χ4n) is 2.10. The van der Waals surface area contributed by atoms with Crippen molar-refractivity contribution in [1.82, 2.24) is 5.32 Å². The predicted octanol–water partition coefficient (Wildman–Crippen LogP) is 1.25. The lowest BCUT2D eigenvalue weighted by Gasteiger charge is -2.30. The van der Waals surface area contributed by atoms with E-state index >= 15 is 0 Å². The molecule has 0 amide bonds. The number of benzene rings is 1. The van der Waals surface area contributed by atoms with Crippen molar-refractivity contribution in [2.45, 2.75) is 24.9 Å². The maximum Gasteiger partial charge on any atom is 0.150 e. The number of nitrogens with one attached hydrogen (secondary N) is 1. The molecule has 0 bridgehead atoms. The molecule has 1 fully saturated rings. The van der Waals surface area contributed by atoms with Gasteiger partial charge in [-0.05, 0) is 31.0 Å². The number of piperidine rings is 1. The first-order valence-corrected chi connectivity index (χ1v) is 5.35. The standard InChI is InChI=1S/C12H16N2O/c13-11-5-2-6-14-12(11)10-4-1-3-9(7-10)8-15/h1,3-4,7-8,11-12,14H,2,5-6,13H2. The van der Waals surface area contributed by atoms with Crippen LogP contribution in [-0.2, 0) is 0 Å². The van der Waals surface area contributed by atoms with E-state index in [1.165, 1.54) is 0 Å². The van der Waals surface area contributed by atoms with Crippen LogP contribution in [-0.4, -0.2) is 18.9 Å². The van der Waals surface area contributed by atoms with Gasteiger partial charge in [-0.2, -0.15) is 0 Å². The van der Waals surface area contributed by atoms with Gasteiger partial charge in [0.2, 0.25) is 0 Å². The molecule has 15 heavy (non-hydrogen) atoms. The van der Waals surface area contributed by atoms with E-state index in [1.54, 1.807) is 0 Å². The summed E-state index contributed by atoms with van der Waals surface area (Å²) in [5.74, 6) is 0. The Hall–Kier alpha value is -1.19. The van der Waals surface area contributed by atoms with Gasteiger partial charge >= 0.3 is 0 Å². The van der Waals surface area contributed by atoms with Crippen molar-refractivity contribution in [1.29, 1.82) is 0 Å². The summed E-state index contributed by atoms with van der Waals surface area (Å²) in [4.78, 5) is 10.7. The Morgan fingerprint density at radius 1 is 1.47 bits per heavy atom. The molecule has 3 nitrogen and oxygen atoms in total. The highest BCUT2D eigenvalue weighted by atomic mass is 16.1. The molecule has 0 aromatic heterocycles. The van der Waals surface area contributed by atoms with E-state index in [4.69, 9.17) is 5.73 Å². The lowest BCUT2D eigenvalue weighted by atomic mass is 9.92. The van der Waals surface area contributed by atoms with E-state index in [2.05, 4.69) is 5.32 Å². The third-order valence-corrected chi connectivity index (χ3v) is 2.91. The van der Waals surface area contributed by atoms with Gasteiger partial charge < -0.3 is 11.1 Å². The first kappa shape index (κ1) is 10.3. The van der Waals surface area contributed by atoms with Crippen LogP contribution in [0.3, 0.4) is 0 Å². The van der Waals surface area contributed by atoms with Crippen molar-refractivity contribution in [2.75, 3.05) is 6.54 Å². The average molecular weight is 204 g/mol. The van der Waals surface area contributed by atoms with Gasteiger partial charge in [-0.25, -0.2) is 0 Å². The normalized spacial score (nSPS) is 26.2. The zero-order valence-corrected chi connectivity index (χ0v) is 8.65. The number of aldehydes is 1. The number of hydrogen-bond donors (Lipinski definition) is 2. The van der Waals surface area contributed by atoms with Crippen LogP contribution < -0.4 is 11.1 Å². The molecule has 1 saturated heterocycles. The van der Waals surface area contributed by atoms with E-state index in [0.29, 0.717) is 5.56 Å². The summed E-state index contributed by atoms with van der Waals surface area (Å²) in [6.07, 6.45) is 3.05. The van der Waals surface area contributed by atoms with Gasteiger partial charge in [0.15, 0.2) is 0 Å². The summed E-state index contributed by atoms with van der Waals surface area (Å²) in [6, 6.07) is 8.00. The van der Waals surface area contributed by atoms with Crippen LogP contribution in [0, 0.1) is 0 Å². The van der Waals surface area contributed by atoms with Gasteiger partial charge in [-0.1, -0.05) is 18.2 Å². The number of carbonyl (C=O) groups is 1. The maximum atomic E-state index is 10.7. The lowest BCUT2D eigenvalue weighted by Crippen LogP contribution is -2.42. The Labute approximate surface area is 89.7 Å². The SMILES string of the molecule is NC1CCCNC1c1cccc(C=O)c1. The summed E-state index contributed by atoms with van der Waals surface area (Å²) in [5.41, 5.74) is 7.88. The molecule has 3 heteroatoms. The Morgan fingerprint density at radius 2 is 2.33 bits per heavy atom. The fraction of sp³-hybridized carbons (Fsp3) is 0.417. The molecule has 3 N–H and O–H groups in total. The van der Waals surface area contributed by atoms with Crippen molar-refractivity contribution in [3.8, 4) is 0 Å². The molecule has 2 rings (SSSR count). The quantitative estimate of drug-likeness (QED) is 0.713. The molecule has 0 aliphatic carbocycles. The minimum absolute atomic E-state index is 0.153. The Morgan fingerprint density at radius 3 is 3.07 bits per heavy atom. The summed E-state index contributed by atoms with van der Waals surface area (Å²) in [7, 11) is 0. The molecule has 1 aliphatic rings. The van der Waals surface area contributed by atoms with Crippen molar-refractivity contribution in [3.05, 3.63) is 35.4 Å². The largest absolute Gasteiger partial charge is 0.326 e. The predicted molar refractivity (Wildman–Crippen MR) is 59.8 cm³/mol. The Kier molecular flexibility index (Phi) is 3.14. The monoisotopic (exact) mass is 204 g/mol. The molecule has 0 spiro atoms. The van der Waals surface area contributed by atoms with Crippen molar-refractivity contribution >= 4 is 6.29 Å². The van der Waals surface area contributed by atoms with E-state index in [9.17, 15) is 4.79 Å². The van der Waals surface area contributed by atoms with Crippen molar-refractivity contribution < 1.29 is 4.79 Å². The van der Waals surface area contributed by atoms with Crippen molar-refractivity contribution in [3.63, 3.8) is 0 Å². The summed E-state index contributed by atoms with van der Waals surface area (Å²) < 4.78 is 0. The Bertz CT molecular complexity index is 351. The molecule has 1 aliphatic heterocycles. The van der Waals surface area contributed by atoms with E-state index in [-0.39, 0.29) is 12.1 Å². The minimum atomic E-state index is 0.153. The minimum Gasteiger partial charge on any atom is -0.326 e. The van der Waals surface area contributed by atoms with Crippen LogP contribution in [0.25, 0.3) is 0 Å². The number of rotatable bonds is 2. The second-order valence-electron chi connectivity index (χ2n) is 4.03. The van der Waals surface area contributed by atoms with Gasteiger partial charge in [-0.15, -0.1) is 0 Å². The first-order chi connectivity index (χ1) is 7.31. The van der Waals surface area contributed by atoms with Crippen LogP contribution in [0.4, 0.5) is 0 Å². The Balaban J connectivity index is 2.23. The smallest absolute Gasteiger partial charge is 0.150 e. The van der Waals surface area contributed by atoms with E-state index in [1.807, 2.05) is 24.3 Å². The highest BCUT2D eigenvalue weighted by molar-refractivity contribution is 5.75. The topological polar surface area (TPSA) is 55.1 Å². The van der Waals surface area contributed by atoms with Gasteiger partial charge in [0.1, 0.15) is 6.29 Å². The fourth-order valence-corrected chi connectivity index (χ4v) is 2.10. The molecule has 2 atom stereocenters. The third-order valence-electron chi connectivity index (χ3n) is 2.91. The third kappa shape index (κ3) is 2.25. The van der Waals surface area contributed by atoms with Crippen LogP contribution in [0.5, 0.6) is 0 Å². The summed E-state index contributed by atoms with van der Waals surface area (Å²) in [6.45, 7) is 1.00. The number of nitrogens with two attached hydrogens (primary N) is 1. The molecule has 0 radical (unpaired) electrons. The van der Waals surface area contributed by atoms with Crippen LogP contribution in [0.2, 0.25) is 0 Å². The van der Waals surface area contributed by atoms with Crippen LogP contribution >= 0.6 is 0 Å². The first-order valence-electron chi connectivity index (χ1n) is 5.35. The zero-order chi connectivity index (χ0) is 10.7. The summed E-state index contributed by atoms with van der Waals surface area (Å²) in [5, 5.41) is 3.40.